The molecule has 3 rings (SSSR count). The van der Waals surface area contributed by atoms with E-state index in [1.54, 1.807) is 18.2 Å². The van der Waals surface area contributed by atoms with Crippen molar-refractivity contribution in [2.75, 3.05) is 25.0 Å². The van der Waals surface area contributed by atoms with Crippen molar-refractivity contribution in [3.63, 3.8) is 0 Å². The minimum atomic E-state index is -0.298. The normalized spacial score (nSPS) is 15.1. The van der Waals surface area contributed by atoms with Gasteiger partial charge in [-0.15, -0.1) is 0 Å². The highest BCUT2D eigenvalue weighted by atomic mass is 19.1. The molecule has 136 valence electrons. The fourth-order valence-corrected chi connectivity index (χ4v) is 2.86. The molecule has 0 aliphatic carbocycles. The van der Waals surface area contributed by atoms with Gasteiger partial charge in [-0.25, -0.2) is 4.39 Å². The van der Waals surface area contributed by atoms with Crippen molar-refractivity contribution in [2.24, 2.45) is 5.92 Å². The Labute approximate surface area is 153 Å². The first-order valence-electron chi connectivity index (χ1n) is 8.87. The number of amides is 1. The van der Waals surface area contributed by atoms with Gasteiger partial charge in [-0.1, -0.05) is 18.2 Å². The third-order valence-corrected chi connectivity index (χ3v) is 4.34. The number of carbonyl (C=O) groups excluding carboxylic acids is 1. The van der Waals surface area contributed by atoms with Crippen LogP contribution in [0, 0.1) is 11.7 Å². The van der Waals surface area contributed by atoms with Gasteiger partial charge in [-0.2, -0.15) is 0 Å². The Morgan fingerprint density at radius 2 is 1.96 bits per heavy atom. The molecule has 0 aromatic heterocycles. The summed E-state index contributed by atoms with van der Waals surface area (Å²) in [5.74, 6) is 0.787. The van der Waals surface area contributed by atoms with E-state index >= 15 is 0 Å². The third kappa shape index (κ3) is 5.70. The molecule has 1 heterocycles. The fraction of sp³-hybridized carbons (Fsp3) is 0.286. The summed E-state index contributed by atoms with van der Waals surface area (Å²) >= 11 is 0. The Balaban J connectivity index is 1.52. The maximum Gasteiger partial charge on any atom is 0.248 e. The van der Waals surface area contributed by atoms with Gasteiger partial charge in [0.15, 0.2) is 0 Å². The highest BCUT2D eigenvalue weighted by Crippen LogP contribution is 2.20. The Morgan fingerprint density at radius 3 is 2.73 bits per heavy atom. The topological polar surface area (TPSA) is 50.4 Å². The SMILES string of the molecule is O=C(/C=C/c1ccc(F)cc1)Nc1cccc(OCC2CCNCC2)c1. The van der Waals surface area contributed by atoms with Crippen LogP contribution in [0.5, 0.6) is 5.75 Å². The summed E-state index contributed by atoms with van der Waals surface area (Å²) in [7, 11) is 0. The second-order valence-corrected chi connectivity index (χ2v) is 6.41. The van der Waals surface area contributed by atoms with Crippen LogP contribution in [0.4, 0.5) is 10.1 Å². The summed E-state index contributed by atoms with van der Waals surface area (Å²) in [5, 5.41) is 6.15. The molecule has 1 aliphatic rings. The lowest BCUT2D eigenvalue weighted by Crippen LogP contribution is -2.30. The van der Waals surface area contributed by atoms with Crippen molar-refractivity contribution in [3.05, 3.63) is 66.0 Å². The lowest BCUT2D eigenvalue weighted by Gasteiger charge is -2.22. The summed E-state index contributed by atoms with van der Waals surface area (Å²) < 4.78 is 18.7. The molecule has 1 amide bonds. The van der Waals surface area contributed by atoms with E-state index in [0.717, 1.165) is 37.2 Å². The van der Waals surface area contributed by atoms with Gasteiger partial charge in [0, 0.05) is 17.8 Å². The van der Waals surface area contributed by atoms with Gasteiger partial charge in [0.25, 0.3) is 0 Å². The van der Waals surface area contributed by atoms with Crippen LogP contribution in [0.25, 0.3) is 6.08 Å². The van der Waals surface area contributed by atoms with Crippen LogP contribution in [0.1, 0.15) is 18.4 Å². The van der Waals surface area contributed by atoms with Gasteiger partial charge in [-0.05, 0) is 67.8 Å². The van der Waals surface area contributed by atoms with E-state index < -0.39 is 0 Å². The van der Waals surface area contributed by atoms with Crippen molar-refractivity contribution >= 4 is 17.7 Å². The molecule has 2 aromatic carbocycles. The van der Waals surface area contributed by atoms with E-state index in [4.69, 9.17) is 4.74 Å². The van der Waals surface area contributed by atoms with E-state index in [1.807, 2.05) is 24.3 Å². The Morgan fingerprint density at radius 1 is 1.19 bits per heavy atom. The first-order valence-corrected chi connectivity index (χ1v) is 8.87. The lowest BCUT2D eigenvalue weighted by molar-refractivity contribution is -0.111. The summed E-state index contributed by atoms with van der Waals surface area (Å²) in [6.45, 7) is 2.79. The van der Waals surface area contributed by atoms with E-state index in [0.29, 0.717) is 18.2 Å². The van der Waals surface area contributed by atoms with Gasteiger partial charge in [-0.3, -0.25) is 4.79 Å². The van der Waals surface area contributed by atoms with E-state index in [9.17, 15) is 9.18 Å². The standard InChI is InChI=1S/C21H23FN2O2/c22-18-7-4-16(5-8-18)6-9-21(25)24-19-2-1-3-20(14-19)26-15-17-10-12-23-13-11-17/h1-9,14,17,23H,10-13,15H2,(H,24,25)/b9-6+. The first kappa shape index (κ1) is 18.1. The van der Waals surface area contributed by atoms with Crippen molar-refractivity contribution in [2.45, 2.75) is 12.8 Å². The van der Waals surface area contributed by atoms with Gasteiger partial charge in [0.05, 0.1) is 6.61 Å². The Kier molecular flexibility index (Phi) is 6.39. The molecule has 26 heavy (non-hydrogen) atoms. The molecule has 0 saturated carbocycles. The second kappa shape index (κ2) is 9.15. The summed E-state index contributed by atoms with van der Waals surface area (Å²) in [6.07, 6.45) is 5.33. The number of nitrogens with one attached hydrogen (secondary N) is 2. The number of hydrogen-bond donors (Lipinski definition) is 2. The van der Waals surface area contributed by atoms with Crippen LogP contribution in [0.2, 0.25) is 0 Å². The van der Waals surface area contributed by atoms with Crippen LogP contribution in [-0.2, 0) is 4.79 Å². The van der Waals surface area contributed by atoms with Crippen molar-refractivity contribution in [3.8, 4) is 5.75 Å². The molecule has 5 heteroatoms. The monoisotopic (exact) mass is 354 g/mol. The zero-order valence-corrected chi connectivity index (χ0v) is 14.6. The number of benzene rings is 2. The van der Waals surface area contributed by atoms with Crippen LogP contribution in [0.15, 0.2) is 54.6 Å². The van der Waals surface area contributed by atoms with Gasteiger partial charge >= 0.3 is 0 Å². The lowest BCUT2D eigenvalue weighted by atomic mass is 9.99. The average molecular weight is 354 g/mol. The number of rotatable bonds is 6. The molecule has 1 fully saturated rings. The third-order valence-electron chi connectivity index (χ3n) is 4.34. The molecule has 0 spiro atoms. The minimum Gasteiger partial charge on any atom is -0.493 e. The highest BCUT2D eigenvalue weighted by Gasteiger charge is 2.13. The molecule has 1 aliphatic heterocycles. The maximum atomic E-state index is 12.9. The van der Waals surface area contributed by atoms with Gasteiger partial charge < -0.3 is 15.4 Å². The number of hydrogen-bond acceptors (Lipinski definition) is 3. The number of ether oxygens (including phenoxy) is 1. The zero-order chi connectivity index (χ0) is 18.2. The van der Waals surface area contributed by atoms with Gasteiger partial charge in [0.2, 0.25) is 5.91 Å². The molecule has 0 radical (unpaired) electrons. The second-order valence-electron chi connectivity index (χ2n) is 6.41. The predicted octanol–water partition coefficient (Wildman–Crippen LogP) is 3.86. The fourth-order valence-electron chi connectivity index (χ4n) is 2.86. The van der Waals surface area contributed by atoms with Crippen molar-refractivity contribution in [1.29, 1.82) is 0 Å². The molecular formula is C21H23FN2O2. The first-order chi connectivity index (χ1) is 12.7. The molecule has 4 nitrogen and oxygen atoms in total. The molecule has 1 saturated heterocycles. The smallest absolute Gasteiger partial charge is 0.248 e. The minimum absolute atomic E-state index is 0.246. The molecule has 2 aromatic rings. The Hall–Kier alpha value is -2.66. The number of halogens is 1. The van der Waals surface area contributed by atoms with Crippen LogP contribution in [0.3, 0.4) is 0 Å². The highest BCUT2D eigenvalue weighted by molar-refractivity contribution is 6.02. The molecule has 0 atom stereocenters. The maximum absolute atomic E-state index is 12.9. The molecule has 0 unspecified atom stereocenters. The summed E-state index contributed by atoms with van der Waals surface area (Å²) in [5.41, 5.74) is 1.45. The van der Waals surface area contributed by atoms with Crippen molar-refractivity contribution in [1.82, 2.24) is 5.32 Å². The van der Waals surface area contributed by atoms with E-state index in [1.165, 1.54) is 18.2 Å². The predicted molar refractivity (Wildman–Crippen MR) is 102 cm³/mol. The number of piperidine rings is 1. The zero-order valence-electron chi connectivity index (χ0n) is 14.6. The quantitative estimate of drug-likeness (QED) is 0.775. The van der Waals surface area contributed by atoms with Crippen LogP contribution >= 0.6 is 0 Å². The number of carbonyl (C=O) groups is 1. The van der Waals surface area contributed by atoms with Crippen molar-refractivity contribution < 1.29 is 13.9 Å². The Bertz CT molecular complexity index is 753. The van der Waals surface area contributed by atoms with Gasteiger partial charge in [0.1, 0.15) is 11.6 Å². The van der Waals surface area contributed by atoms with E-state index in [2.05, 4.69) is 10.6 Å². The summed E-state index contributed by atoms with van der Waals surface area (Å²) in [4.78, 5) is 12.0. The number of anilines is 1. The molecule has 0 bridgehead atoms. The molecule has 2 N–H and O–H groups in total. The largest absolute Gasteiger partial charge is 0.493 e. The summed E-state index contributed by atoms with van der Waals surface area (Å²) in [6, 6.07) is 13.4. The van der Waals surface area contributed by atoms with E-state index in [-0.39, 0.29) is 11.7 Å². The molecular weight excluding hydrogens is 331 g/mol. The van der Waals surface area contributed by atoms with Crippen LogP contribution in [-0.4, -0.2) is 25.6 Å². The average Bonchev–Trinajstić information content (AvgIpc) is 2.67. The van der Waals surface area contributed by atoms with Crippen LogP contribution < -0.4 is 15.4 Å².